The van der Waals surface area contributed by atoms with E-state index >= 15 is 0 Å². The summed E-state index contributed by atoms with van der Waals surface area (Å²) in [6.45, 7) is 0. The molecule has 0 aliphatic carbocycles. The third-order valence-electron chi connectivity index (χ3n) is 2.83. The van der Waals surface area contributed by atoms with Crippen LogP contribution in [0.4, 0.5) is 0 Å². The number of hydrogen-bond donors (Lipinski definition) is 1. The van der Waals surface area contributed by atoms with E-state index in [9.17, 15) is 4.79 Å². The van der Waals surface area contributed by atoms with Crippen LogP contribution in [0.25, 0.3) is 11.3 Å². The Morgan fingerprint density at radius 1 is 1.16 bits per heavy atom. The largest absolute Gasteiger partial charge is 0.497 e. The molecule has 0 saturated carbocycles. The molecular weight excluding hydrogens is 266 g/mol. The second-order valence-electron chi connectivity index (χ2n) is 3.93. The van der Waals surface area contributed by atoms with Crippen molar-refractivity contribution in [2.45, 2.75) is 5.88 Å². The molecule has 2 aromatic rings. The van der Waals surface area contributed by atoms with E-state index in [1.807, 2.05) is 6.07 Å². The van der Waals surface area contributed by atoms with Crippen LogP contribution in [-0.4, -0.2) is 19.2 Å². The van der Waals surface area contributed by atoms with Crippen molar-refractivity contribution in [3.05, 3.63) is 46.2 Å². The molecule has 4 nitrogen and oxygen atoms in total. The van der Waals surface area contributed by atoms with Gasteiger partial charge in [0.25, 0.3) is 5.56 Å². The van der Waals surface area contributed by atoms with Gasteiger partial charge in [-0.15, -0.1) is 11.6 Å². The summed E-state index contributed by atoms with van der Waals surface area (Å²) in [4.78, 5) is 14.6. The molecule has 5 heteroatoms. The van der Waals surface area contributed by atoms with E-state index in [0.717, 1.165) is 5.56 Å². The molecular formula is C14H14ClNO3. The van der Waals surface area contributed by atoms with Crippen molar-refractivity contribution >= 4 is 11.6 Å². The summed E-state index contributed by atoms with van der Waals surface area (Å²) in [6, 6.07) is 8.91. The van der Waals surface area contributed by atoms with Crippen LogP contribution in [0, 0.1) is 0 Å². The van der Waals surface area contributed by atoms with Gasteiger partial charge < -0.3 is 14.5 Å². The van der Waals surface area contributed by atoms with Crippen LogP contribution in [-0.2, 0) is 5.88 Å². The molecule has 0 atom stereocenters. The van der Waals surface area contributed by atoms with E-state index in [1.54, 1.807) is 38.5 Å². The Hall–Kier alpha value is -1.94. The highest BCUT2D eigenvalue weighted by Crippen LogP contribution is 2.31. The Balaban J connectivity index is 2.56. The first-order valence-electron chi connectivity index (χ1n) is 5.70. The molecule has 0 amide bonds. The molecule has 0 saturated heterocycles. The van der Waals surface area contributed by atoms with Crippen molar-refractivity contribution in [3.63, 3.8) is 0 Å². The predicted octanol–water partition coefficient (Wildman–Crippen LogP) is 2.80. The minimum Gasteiger partial charge on any atom is -0.497 e. The maximum atomic E-state index is 11.8. The SMILES string of the molecule is COc1ccc(OC)c(-c2ccc(CCl)c(=O)[nH]2)c1. The maximum Gasteiger partial charge on any atom is 0.252 e. The van der Waals surface area contributed by atoms with Gasteiger partial charge in [0.15, 0.2) is 0 Å². The standard InChI is InChI=1S/C14H14ClNO3/c1-18-10-4-6-13(19-2)11(7-10)12-5-3-9(8-15)14(17)16-12/h3-7H,8H2,1-2H3,(H,16,17). The lowest BCUT2D eigenvalue weighted by molar-refractivity contribution is 0.404. The van der Waals surface area contributed by atoms with Crippen LogP contribution in [0.2, 0.25) is 0 Å². The van der Waals surface area contributed by atoms with Crippen LogP contribution < -0.4 is 15.0 Å². The first-order chi connectivity index (χ1) is 9.19. The Morgan fingerprint density at radius 3 is 2.53 bits per heavy atom. The van der Waals surface area contributed by atoms with Gasteiger partial charge in [-0.05, 0) is 24.3 Å². The normalized spacial score (nSPS) is 10.3. The molecule has 0 aliphatic rings. The molecule has 2 rings (SSSR count). The van der Waals surface area contributed by atoms with Crippen molar-refractivity contribution in [2.75, 3.05) is 14.2 Å². The van der Waals surface area contributed by atoms with Gasteiger partial charge in [0.2, 0.25) is 0 Å². The molecule has 19 heavy (non-hydrogen) atoms. The number of benzene rings is 1. The molecule has 0 bridgehead atoms. The van der Waals surface area contributed by atoms with Crippen LogP contribution in [0.5, 0.6) is 11.5 Å². The molecule has 100 valence electrons. The molecule has 0 unspecified atom stereocenters. The van der Waals surface area contributed by atoms with Crippen molar-refractivity contribution in [1.29, 1.82) is 0 Å². The van der Waals surface area contributed by atoms with E-state index in [2.05, 4.69) is 4.98 Å². The number of H-pyrrole nitrogens is 1. The molecule has 0 aliphatic heterocycles. The first kappa shape index (κ1) is 13.5. The molecule has 0 spiro atoms. The van der Waals surface area contributed by atoms with Crippen LogP contribution >= 0.6 is 11.6 Å². The highest BCUT2D eigenvalue weighted by Gasteiger charge is 2.09. The third-order valence-corrected chi connectivity index (χ3v) is 3.12. The van der Waals surface area contributed by atoms with E-state index in [4.69, 9.17) is 21.1 Å². The summed E-state index contributed by atoms with van der Waals surface area (Å²) in [5.74, 6) is 1.54. The second-order valence-corrected chi connectivity index (χ2v) is 4.19. The second kappa shape index (κ2) is 5.80. The van der Waals surface area contributed by atoms with Crippen molar-refractivity contribution in [2.24, 2.45) is 0 Å². The van der Waals surface area contributed by atoms with Crippen molar-refractivity contribution in [1.82, 2.24) is 4.98 Å². The molecule has 1 heterocycles. The predicted molar refractivity (Wildman–Crippen MR) is 75.2 cm³/mol. The summed E-state index contributed by atoms with van der Waals surface area (Å²) < 4.78 is 10.5. The molecule has 1 aromatic heterocycles. The fourth-order valence-corrected chi connectivity index (χ4v) is 2.00. The highest BCUT2D eigenvalue weighted by molar-refractivity contribution is 6.17. The maximum absolute atomic E-state index is 11.8. The number of hydrogen-bond acceptors (Lipinski definition) is 3. The molecule has 0 radical (unpaired) electrons. The number of rotatable bonds is 4. The van der Waals surface area contributed by atoms with Gasteiger partial charge in [0, 0.05) is 11.1 Å². The average molecular weight is 280 g/mol. The Kier molecular flexibility index (Phi) is 4.12. The van der Waals surface area contributed by atoms with Gasteiger partial charge in [0.05, 0.1) is 25.8 Å². The number of aromatic amines is 1. The Morgan fingerprint density at radius 2 is 1.95 bits per heavy atom. The number of aromatic nitrogens is 1. The average Bonchev–Trinajstić information content (AvgIpc) is 2.46. The molecule has 1 N–H and O–H groups in total. The quantitative estimate of drug-likeness (QED) is 0.876. The molecule has 0 fully saturated rings. The van der Waals surface area contributed by atoms with Crippen LogP contribution in [0.3, 0.4) is 0 Å². The van der Waals surface area contributed by atoms with Crippen molar-refractivity contribution in [3.8, 4) is 22.8 Å². The lowest BCUT2D eigenvalue weighted by Crippen LogP contribution is -2.11. The number of alkyl halides is 1. The first-order valence-corrected chi connectivity index (χ1v) is 6.23. The molecule has 1 aromatic carbocycles. The topological polar surface area (TPSA) is 51.3 Å². The summed E-state index contributed by atoms with van der Waals surface area (Å²) >= 11 is 5.67. The summed E-state index contributed by atoms with van der Waals surface area (Å²) in [5.41, 5.74) is 1.76. The number of halogens is 1. The van der Waals surface area contributed by atoms with E-state index in [1.165, 1.54) is 0 Å². The minimum atomic E-state index is -0.197. The van der Waals surface area contributed by atoms with Gasteiger partial charge in [-0.25, -0.2) is 0 Å². The number of methoxy groups -OCH3 is 2. The van der Waals surface area contributed by atoms with Gasteiger partial charge in [-0.2, -0.15) is 0 Å². The lowest BCUT2D eigenvalue weighted by Gasteiger charge is -2.10. The summed E-state index contributed by atoms with van der Waals surface area (Å²) in [7, 11) is 3.17. The third kappa shape index (κ3) is 2.74. The van der Waals surface area contributed by atoms with Gasteiger partial charge >= 0.3 is 0 Å². The van der Waals surface area contributed by atoms with E-state index in [-0.39, 0.29) is 11.4 Å². The Labute approximate surface area is 115 Å². The minimum absolute atomic E-state index is 0.185. The fourth-order valence-electron chi connectivity index (χ4n) is 1.79. The summed E-state index contributed by atoms with van der Waals surface area (Å²) in [6.07, 6.45) is 0. The fraction of sp³-hybridized carbons (Fsp3) is 0.214. The Bertz CT molecular complexity index is 637. The van der Waals surface area contributed by atoms with Crippen molar-refractivity contribution < 1.29 is 9.47 Å². The lowest BCUT2D eigenvalue weighted by atomic mass is 10.1. The zero-order chi connectivity index (χ0) is 13.8. The van der Waals surface area contributed by atoms with E-state index < -0.39 is 0 Å². The van der Waals surface area contributed by atoms with E-state index in [0.29, 0.717) is 22.8 Å². The van der Waals surface area contributed by atoms with Gasteiger partial charge in [-0.3, -0.25) is 4.79 Å². The van der Waals surface area contributed by atoms with Gasteiger partial charge in [0.1, 0.15) is 11.5 Å². The number of pyridine rings is 1. The number of ether oxygens (including phenoxy) is 2. The summed E-state index contributed by atoms with van der Waals surface area (Å²) in [5, 5.41) is 0. The smallest absolute Gasteiger partial charge is 0.252 e. The number of nitrogens with one attached hydrogen (secondary N) is 1. The van der Waals surface area contributed by atoms with Crippen LogP contribution in [0.1, 0.15) is 5.56 Å². The van der Waals surface area contributed by atoms with Crippen LogP contribution in [0.15, 0.2) is 35.1 Å². The zero-order valence-electron chi connectivity index (χ0n) is 10.7. The van der Waals surface area contributed by atoms with Gasteiger partial charge in [-0.1, -0.05) is 6.07 Å². The zero-order valence-corrected chi connectivity index (χ0v) is 11.5. The highest BCUT2D eigenvalue weighted by atomic mass is 35.5. The monoisotopic (exact) mass is 279 g/mol.